The van der Waals surface area contributed by atoms with Gasteiger partial charge in [0.2, 0.25) is 5.91 Å². The van der Waals surface area contributed by atoms with E-state index in [1.54, 1.807) is 4.90 Å². The van der Waals surface area contributed by atoms with E-state index >= 15 is 0 Å². The predicted octanol–water partition coefficient (Wildman–Crippen LogP) is 6.97. The topological polar surface area (TPSA) is 65.5 Å². The largest absolute Gasteiger partial charge is 0.457 e. The van der Waals surface area contributed by atoms with Crippen molar-refractivity contribution in [2.24, 2.45) is 4.99 Å². The number of rotatable bonds is 10. The number of fused-ring (bicyclic) bond motifs is 1. The first kappa shape index (κ1) is 29.2. The van der Waals surface area contributed by atoms with Crippen molar-refractivity contribution in [3.63, 3.8) is 0 Å². The first-order valence-corrected chi connectivity index (χ1v) is 15.1. The number of aliphatic imine (C=N–C) groups is 1. The van der Waals surface area contributed by atoms with Crippen LogP contribution < -0.4 is 4.74 Å². The molecule has 1 unspecified atom stereocenters. The molecular formula is C34H36N4O3S. The monoisotopic (exact) mass is 580 g/mol. The number of nitrogens with zero attached hydrogens (tertiary/aromatic N) is 4. The van der Waals surface area contributed by atoms with Crippen LogP contribution in [0.1, 0.15) is 44.4 Å². The third-order valence-electron chi connectivity index (χ3n) is 7.46. The van der Waals surface area contributed by atoms with Crippen LogP contribution in [0.25, 0.3) is 0 Å². The minimum absolute atomic E-state index is 0.00485. The van der Waals surface area contributed by atoms with Gasteiger partial charge in [-0.15, -0.1) is 0 Å². The molecule has 0 fully saturated rings. The molecule has 0 spiro atoms. The molecule has 2 aliphatic heterocycles. The maximum atomic E-state index is 14.0. The molecule has 3 aromatic rings. The van der Waals surface area contributed by atoms with E-state index in [4.69, 9.17) is 9.73 Å². The van der Waals surface area contributed by atoms with E-state index in [2.05, 4.69) is 4.90 Å². The maximum Gasteiger partial charge on any atom is 0.254 e. The number of amides is 2. The van der Waals surface area contributed by atoms with E-state index in [9.17, 15) is 9.59 Å². The summed E-state index contributed by atoms with van der Waals surface area (Å²) >= 11 is 1.49. The van der Waals surface area contributed by atoms with Crippen molar-refractivity contribution < 1.29 is 14.3 Å². The number of ether oxygens (including phenoxy) is 1. The van der Waals surface area contributed by atoms with E-state index in [1.807, 2.05) is 123 Å². The summed E-state index contributed by atoms with van der Waals surface area (Å²) in [5, 5.41) is 2.75. The molecule has 2 heterocycles. The number of carbonyl (C=O) groups is 2. The van der Waals surface area contributed by atoms with Gasteiger partial charge >= 0.3 is 0 Å². The van der Waals surface area contributed by atoms with Crippen LogP contribution in [0.5, 0.6) is 11.5 Å². The van der Waals surface area contributed by atoms with E-state index < -0.39 is 6.04 Å². The van der Waals surface area contributed by atoms with Gasteiger partial charge in [0.15, 0.2) is 5.17 Å². The number of likely N-dealkylation sites (N-methyl/N-ethyl adjacent to an activating group) is 1. The smallest absolute Gasteiger partial charge is 0.254 e. The Kier molecular flexibility index (Phi) is 9.12. The summed E-state index contributed by atoms with van der Waals surface area (Å²) in [7, 11) is 1.82. The second-order valence-corrected chi connectivity index (χ2v) is 11.1. The average molecular weight is 581 g/mol. The SMILES string of the molecule is CCN(CC)C(=O)C1=C(C)N=C2SC=C(CC(=O)N(C)Cc3ccccc3)N2C1c1cccc(Oc2ccccc2)c1. The van der Waals surface area contributed by atoms with Crippen LogP contribution in [0.4, 0.5) is 0 Å². The summed E-state index contributed by atoms with van der Waals surface area (Å²) in [5.41, 5.74) is 4.08. The second-order valence-electron chi connectivity index (χ2n) is 10.3. The highest BCUT2D eigenvalue weighted by Crippen LogP contribution is 2.45. The Balaban J connectivity index is 1.49. The van der Waals surface area contributed by atoms with Crippen LogP contribution in [-0.2, 0) is 16.1 Å². The van der Waals surface area contributed by atoms with Crippen molar-refractivity contribution in [1.82, 2.24) is 14.7 Å². The summed E-state index contributed by atoms with van der Waals surface area (Å²) in [4.78, 5) is 37.9. The van der Waals surface area contributed by atoms with E-state index in [1.165, 1.54) is 11.8 Å². The molecule has 8 heteroatoms. The third kappa shape index (κ3) is 6.29. The Bertz CT molecular complexity index is 1530. The van der Waals surface area contributed by atoms with E-state index in [0.717, 1.165) is 27.7 Å². The fraction of sp³-hybridized carbons (Fsp3) is 0.265. The summed E-state index contributed by atoms with van der Waals surface area (Å²) < 4.78 is 6.17. The number of amidine groups is 1. The summed E-state index contributed by atoms with van der Waals surface area (Å²) in [6, 6.07) is 27.0. The van der Waals surface area contributed by atoms with Crippen LogP contribution in [0, 0.1) is 0 Å². The first-order valence-electron chi connectivity index (χ1n) is 14.2. The number of para-hydroxylation sites is 1. The van der Waals surface area contributed by atoms with Gasteiger partial charge in [0.25, 0.3) is 5.91 Å². The zero-order chi connectivity index (χ0) is 29.6. The van der Waals surface area contributed by atoms with Crippen molar-refractivity contribution in [2.75, 3.05) is 20.1 Å². The molecule has 1 atom stereocenters. The molecule has 0 aromatic heterocycles. The lowest BCUT2D eigenvalue weighted by Crippen LogP contribution is -2.42. The number of thioether (sulfide) groups is 1. The van der Waals surface area contributed by atoms with Crippen LogP contribution >= 0.6 is 11.8 Å². The van der Waals surface area contributed by atoms with Gasteiger partial charge in [0.1, 0.15) is 11.5 Å². The van der Waals surface area contributed by atoms with Crippen LogP contribution in [0.3, 0.4) is 0 Å². The molecule has 216 valence electrons. The summed E-state index contributed by atoms with van der Waals surface area (Å²) in [6.45, 7) is 7.57. The normalized spacial score (nSPS) is 16.0. The number of benzene rings is 3. The highest BCUT2D eigenvalue weighted by atomic mass is 32.2. The van der Waals surface area contributed by atoms with Gasteiger partial charge in [-0.25, -0.2) is 4.99 Å². The predicted molar refractivity (Wildman–Crippen MR) is 169 cm³/mol. The van der Waals surface area contributed by atoms with Crippen LogP contribution in [0.2, 0.25) is 0 Å². The molecule has 0 bridgehead atoms. The van der Waals surface area contributed by atoms with E-state index in [-0.39, 0.29) is 18.2 Å². The second kappa shape index (κ2) is 13.1. The highest BCUT2D eigenvalue weighted by Gasteiger charge is 2.41. The highest BCUT2D eigenvalue weighted by molar-refractivity contribution is 8.16. The van der Waals surface area contributed by atoms with Crippen molar-refractivity contribution >= 4 is 28.7 Å². The molecule has 2 aliphatic rings. The number of hydrogen-bond donors (Lipinski definition) is 0. The fourth-order valence-electron chi connectivity index (χ4n) is 5.25. The Morgan fingerprint density at radius 1 is 0.929 bits per heavy atom. The number of allylic oxidation sites excluding steroid dienone is 1. The molecule has 2 amide bonds. The quantitative estimate of drug-likeness (QED) is 0.259. The minimum atomic E-state index is -0.460. The van der Waals surface area contributed by atoms with Gasteiger partial charge in [-0.3, -0.25) is 9.59 Å². The van der Waals surface area contributed by atoms with Crippen LogP contribution in [0.15, 0.2) is 112 Å². The first-order chi connectivity index (χ1) is 20.4. The summed E-state index contributed by atoms with van der Waals surface area (Å²) in [6.07, 6.45) is 0.192. The lowest BCUT2D eigenvalue weighted by atomic mass is 9.92. The third-order valence-corrected chi connectivity index (χ3v) is 8.34. The van der Waals surface area contributed by atoms with Gasteiger partial charge < -0.3 is 19.4 Å². The van der Waals surface area contributed by atoms with Gasteiger partial charge in [0.05, 0.1) is 23.7 Å². The van der Waals surface area contributed by atoms with E-state index in [0.29, 0.717) is 36.7 Å². The minimum Gasteiger partial charge on any atom is -0.457 e. The fourth-order valence-corrected chi connectivity index (χ4v) is 6.21. The Morgan fingerprint density at radius 3 is 2.29 bits per heavy atom. The zero-order valence-corrected chi connectivity index (χ0v) is 25.3. The molecule has 42 heavy (non-hydrogen) atoms. The van der Waals surface area contributed by atoms with Gasteiger partial charge in [-0.1, -0.05) is 72.4 Å². The molecule has 5 rings (SSSR count). The van der Waals surface area contributed by atoms with Crippen molar-refractivity contribution in [2.45, 2.75) is 39.8 Å². The molecule has 0 saturated heterocycles. The lowest BCUT2D eigenvalue weighted by Gasteiger charge is -2.38. The number of carbonyl (C=O) groups excluding carboxylic acids is 2. The van der Waals surface area contributed by atoms with Crippen molar-refractivity contribution in [3.8, 4) is 11.5 Å². The Morgan fingerprint density at radius 2 is 1.60 bits per heavy atom. The molecule has 0 radical (unpaired) electrons. The number of hydrogen-bond acceptors (Lipinski definition) is 6. The molecule has 0 saturated carbocycles. The molecular weight excluding hydrogens is 544 g/mol. The molecule has 3 aromatic carbocycles. The lowest BCUT2D eigenvalue weighted by molar-refractivity contribution is -0.129. The molecule has 0 aliphatic carbocycles. The van der Waals surface area contributed by atoms with Crippen molar-refractivity contribution in [1.29, 1.82) is 0 Å². The maximum absolute atomic E-state index is 14.0. The van der Waals surface area contributed by atoms with Crippen molar-refractivity contribution in [3.05, 3.63) is 118 Å². The standard InChI is InChI=1S/C34H36N4O3S/c1-5-37(6-2)33(40)31-24(3)35-34-38(27(23-42-34)21-30(39)36(4)22-25-14-9-7-10-15-25)32(31)26-16-13-19-29(20-26)41-28-17-11-8-12-18-28/h7-20,23,32H,5-6,21-22H2,1-4H3. The Labute approximate surface area is 252 Å². The zero-order valence-electron chi connectivity index (χ0n) is 24.5. The van der Waals surface area contributed by atoms with Crippen LogP contribution in [-0.4, -0.2) is 51.8 Å². The Hall–Kier alpha value is -4.30. The van der Waals surface area contributed by atoms with Gasteiger partial charge in [0, 0.05) is 32.4 Å². The van der Waals surface area contributed by atoms with Gasteiger partial charge in [-0.05, 0) is 61.6 Å². The molecule has 0 N–H and O–H groups in total. The average Bonchev–Trinajstić information content (AvgIpc) is 3.39. The molecule has 7 nitrogen and oxygen atoms in total. The van der Waals surface area contributed by atoms with Gasteiger partial charge in [-0.2, -0.15) is 0 Å². The summed E-state index contributed by atoms with van der Waals surface area (Å²) in [5.74, 6) is 1.35.